The molecule has 0 atom stereocenters. The first kappa shape index (κ1) is 12.6. The summed E-state index contributed by atoms with van der Waals surface area (Å²) in [4.78, 5) is 2.46. The van der Waals surface area contributed by atoms with Crippen LogP contribution in [0.2, 0.25) is 0 Å². The molecule has 1 aromatic heterocycles. The molecule has 0 unspecified atom stereocenters. The van der Waals surface area contributed by atoms with Crippen LogP contribution in [0.15, 0.2) is 36.7 Å². The minimum Gasteiger partial charge on any atom is -0.310 e. The van der Waals surface area contributed by atoms with Crippen LogP contribution in [0, 0.1) is 4.77 Å². The van der Waals surface area contributed by atoms with Gasteiger partial charge in [-0.05, 0) is 30.6 Å². The molecule has 0 bridgehead atoms. The van der Waals surface area contributed by atoms with E-state index in [1.165, 1.54) is 18.4 Å². The monoisotopic (exact) mass is 274 g/mol. The molecule has 1 aliphatic rings. The molecule has 0 radical (unpaired) electrons. The highest BCUT2D eigenvalue weighted by molar-refractivity contribution is 7.71. The fourth-order valence-electron chi connectivity index (χ4n) is 2.24. The van der Waals surface area contributed by atoms with Crippen LogP contribution in [0.4, 0.5) is 0 Å². The van der Waals surface area contributed by atoms with Crippen molar-refractivity contribution in [3.8, 4) is 0 Å². The molecular weight excluding hydrogens is 256 g/mol. The first-order valence-electron chi connectivity index (χ1n) is 6.60. The number of rotatable bonds is 5. The van der Waals surface area contributed by atoms with Crippen LogP contribution in [-0.4, -0.2) is 25.3 Å². The summed E-state index contributed by atoms with van der Waals surface area (Å²) in [6.45, 7) is 1.74. The Hall–Kier alpha value is -1.46. The van der Waals surface area contributed by atoms with E-state index < -0.39 is 0 Å². The van der Waals surface area contributed by atoms with Gasteiger partial charge in [-0.1, -0.05) is 30.3 Å². The largest absolute Gasteiger partial charge is 0.310 e. The summed E-state index contributed by atoms with van der Waals surface area (Å²) in [5.74, 6) is 0. The third-order valence-electron chi connectivity index (χ3n) is 3.49. The van der Waals surface area contributed by atoms with Crippen LogP contribution >= 0.6 is 12.2 Å². The van der Waals surface area contributed by atoms with Gasteiger partial charge in [-0.2, -0.15) is 5.10 Å². The lowest BCUT2D eigenvalue weighted by Crippen LogP contribution is -2.29. The van der Waals surface area contributed by atoms with Gasteiger partial charge in [0.1, 0.15) is 6.33 Å². The quantitative estimate of drug-likeness (QED) is 0.784. The predicted octanol–water partition coefficient (Wildman–Crippen LogP) is 2.57. The molecule has 5 heteroatoms. The average Bonchev–Trinajstić information content (AvgIpc) is 3.22. The van der Waals surface area contributed by atoms with Gasteiger partial charge in [-0.15, -0.1) is 0 Å². The highest BCUT2D eigenvalue weighted by atomic mass is 32.1. The Labute approximate surface area is 118 Å². The Kier molecular flexibility index (Phi) is 3.48. The third-order valence-corrected chi connectivity index (χ3v) is 3.99. The van der Waals surface area contributed by atoms with E-state index in [9.17, 15) is 0 Å². The topological polar surface area (TPSA) is 26.0 Å². The summed E-state index contributed by atoms with van der Waals surface area (Å²) >= 11 is 5.35. The van der Waals surface area contributed by atoms with Crippen LogP contribution in [0.25, 0.3) is 0 Å². The minimum absolute atomic E-state index is 0.684. The van der Waals surface area contributed by atoms with E-state index in [2.05, 4.69) is 40.3 Å². The van der Waals surface area contributed by atoms with Gasteiger partial charge in [-0.25, -0.2) is 4.68 Å². The summed E-state index contributed by atoms with van der Waals surface area (Å²) in [5, 5.41) is 4.34. The number of aryl methyl sites for hydroxylation is 1. The number of hydrogen-bond donors (Lipinski definition) is 0. The average molecular weight is 274 g/mol. The fraction of sp³-hybridized carbons (Fsp3) is 0.429. The van der Waals surface area contributed by atoms with Crippen LogP contribution in [0.5, 0.6) is 0 Å². The lowest BCUT2D eigenvalue weighted by atomic mass is 10.2. The first-order chi connectivity index (χ1) is 9.24. The summed E-state index contributed by atoms with van der Waals surface area (Å²) in [7, 11) is 1.94. The first-order valence-corrected chi connectivity index (χ1v) is 7.01. The molecule has 3 rings (SSSR count). The molecular formula is C14H18N4S. The summed E-state index contributed by atoms with van der Waals surface area (Å²) in [6.07, 6.45) is 4.34. The third kappa shape index (κ3) is 2.93. The maximum absolute atomic E-state index is 5.35. The van der Waals surface area contributed by atoms with Crippen molar-refractivity contribution in [3.05, 3.63) is 47.0 Å². The maximum atomic E-state index is 5.35. The van der Waals surface area contributed by atoms with Crippen molar-refractivity contribution in [2.75, 3.05) is 0 Å². The van der Waals surface area contributed by atoms with Crippen molar-refractivity contribution < 1.29 is 0 Å². The summed E-state index contributed by atoms with van der Waals surface area (Å²) in [6, 6.07) is 11.3. The lowest BCUT2D eigenvalue weighted by molar-refractivity contribution is 0.186. The molecule has 100 valence electrons. The Balaban J connectivity index is 1.75. The number of benzene rings is 1. The van der Waals surface area contributed by atoms with Crippen molar-refractivity contribution in [1.29, 1.82) is 0 Å². The molecule has 0 saturated heterocycles. The van der Waals surface area contributed by atoms with Gasteiger partial charge in [-0.3, -0.25) is 4.90 Å². The zero-order valence-electron chi connectivity index (χ0n) is 11.1. The fourth-order valence-corrected chi connectivity index (χ4v) is 2.39. The van der Waals surface area contributed by atoms with Gasteiger partial charge >= 0.3 is 0 Å². The van der Waals surface area contributed by atoms with E-state index in [4.69, 9.17) is 12.2 Å². The molecule has 1 fully saturated rings. The van der Waals surface area contributed by atoms with E-state index in [0.717, 1.165) is 18.0 Å². The Morgan fingerprint density at radius 2 is 2.05 bits per heavy atom. The van der Waals surface area contributed by atoms with Gasteiger partial charge in [0.05, 0.1) is 6.67 Å². The van der Waals surface area contributed by atoms with E-state index in [-0.39, 0.29) is 0 Å². The highest BCUT2D eigenvalue weighted by Crippen LogP contribution is 2.28. The molecule has 1 heterocycles. The van der Waals surface area contributed by atoms with Crippen LogP contribution in [0.3, 0.4) is 0 Å². The Morgan fingerprint density at radius 3 is 2.63 bits per heavy atom. The Bertz CT molecular complexity index is 597. The lowest BCUT2D eigenvalue weighted by Gasteiger charge is -2.21. The van der Waals surface area contributed by atoms with Gasteiger partial charge in [0, 0.05) is 19.6 Å². The van der Waals surface area contributed by atoms with Crippen LogP contribution in [-0.2, 0) is 20.3 Å². The zero-order valence-corrected chi connectivity index (χ0v) is 11.9. The SMILES string of the molecule is Cn1cnn(CN(Cc2ccccc2)C2CC2)c1=S. The van der Waals surface area contributed by atoms with E-state index >= 15 is 0 Å². The summed E-state index contributed by atoms with van der Waals surface area (Å²) < 4.78 is 4.55. The second kappa shape index (κ2) is 5.27. The van der Waals surface area contributed by atoms with Gasteiger partial charge in [0.2, 0.25) is 0 Å². The molecule has 1 aromatic carbocycles. The van der Waals surface area contributed by atoms with Crippen molar-refractivity contribution in [2.24, 2.45) is 7.05 Å². The normalized spacial score (nSPS) is 15.1. The smallest absolute Gasteiger partial charge is 0.198 e. The molecule has 1 saturated carbocycles. The molecule has 1 aliphatic carbocycles. The molecule has 19 heavy (non-hydrogen) atoms. The number of hydrogen-bond acceptors (Lipinski definition) is 3. The van der Waals surface area contributed by atoms with Crippen molar-refractivity contribution in [3.63, 3.8) is 0 Å². The van der Waals surface area contributed by atoms with E-state index in [0.29, 0.717) is 6.04 Å². The second-order valence-electron chi connectivity index (χ2n) is 5.13. The van der Waals surface area contributed by atoms with E-state index in [1.807, 2.05) is 16.3 Å². The molecule has 0 spiro atoms. The number of nitrogens with zero attached hydrogens (tertiary/aromatic N) is 4. The van der Waals surface area contributed by atoms with E-state index in [1.54, 1.807) is 6.33 Å². The second-order valence-corrected chi connectivity index (χ2v) is 5.49. The van der Waals surface area contributed by atoms with Crippen LogP contribution < -0.4 is 0 Å². The van der Waals surface area contributed by atoms with Gasteiger partial charge in [0.25, 0.3) is 0 Å². The molecule has 2 aromatic rings. The Morgan fingerprint density at radius 1 is 1.32 bits per heavy atom. The van der Waals surface area contributed by atoms with Gasteiger partial charge < -0.3 is 4.57 Å². The van der Waals surface area contributed by atoms with Gasteiger partial charge in [0.15, 0.2) is 4.77 Å². The van der Waals surface area contributed by atoms with Crippen molar-refractivity contribution in [1.82, 2.24) is 19.2 Å². The predicted molar refractivity (Wildman–Crippen MR) is 77.0 cm³/mol. The molecule has 0 amide bonds. The van der Waals surface area contributed by atoms with Crippen molar-refractivity contribution >= 4 is 12.2 Å². The van der Waals surface area contributed by atoms with Crippen LogP contribution in [0.1, 0.15) is 18.4 Å². The molecule has 0 aliphatic heterocycles. The molecule has 0 N–H and O–H groups in total. The standard InChI is InChI=1S/C14H18N4S/c1-16-10-15-18(14(16)19)11-17(13-7-8-13)9-12-5-3-2-4-6-12/h2-6,10,13H,7-9,11H2,1H3. The zero-order chi connectivity index (χ0) is 13.2. The molecule has 4 nitrogen and oxygen atoms in total. The highest BCUT2D eigenvalue weighted by Gasteiger charge is 2.29. The maximum Gasteiger partial charge on any atom is 0.198 e. The minimum atomic E-state index is 0.684. The summed E-state index contributed by atoms with van der Waals surface area (Å²) in [5.41, 5.74) is 1.34. The van der Waals surface area contributed by atoms with Crippen molar-refractivity contribution in [2.45, 2.75) is 32.1 Å². The number of aromatic nitrogens is 3.